The lowest BCUT2D eigenvalue weighted by Crippen LogP contribution is -2.33. The van der Waals surface area contributed by atoms with Crippen molar-refractivity contribution in [2.75, 3.05) is 25.6 Å². The van der Waals surface area contributed by atoms with Gasteiger partial charge in [-0.05, 0) is 37.1 Å². The van der Waals surface area contributed by atoms with Crippen LogP contribution >= 0.6 is 0 Å². The van der Waals surface area contributed by atoms with Crippen LogP contribution in [0.2, 0.25) is 0 Å². The van der Waals surface area contributed by atoms with Gasteiger partial charge >= 0.3 is 11.9 Å². The number of ether oxygens (including phenoxy) is 2. The Morgan fingerprint density at radius 3 is 2.20 bits per heavy atom. The fraction of sp³-hybridized carbons (Fsp3) is 0.476. The number of amides is 3. The van der Waals surface area contributed by atoms with Gasteiger partial charge in [0.25, 0.3) is 5.91 Å². The number of benzene rings is 1. The van der Waals surface area contributed by atoms with Gasteiger partial charge in [-0.1, -0.05) is 12.8 Å². The van der Waals surface area contributed by atoms with Gasteiger partial charge in [-0.15, -0.1) is 0 Å². The van der Waals surface area contributed by atoms with Crippen LogP contribution in [-0.4, -0.2) is 54.8 Å². The summed E-state index contributed by atoms with van der Waals surface area (Å²) in [6.07, 6.45) is 3.17. The maximum Gasteiger partial charge on any atom is 0.337 e. The molecule has 9 nitrogen and oxygen atoms in total. The topological polar surface area (TPSA) is 119 Å². The van der Waals surface area contributed by atoms with E-state index in [0.717, 1.165) is 30.6 Å². The largest absolute Gasteiger partial charge is 0.465 e. The number of hydrogen-bond acceptors (Lipinski definition) is 7. The van der Waals surface area contributed by atoms with Crippen LogP contribution in [0.15, 0.2) is 24.3 Å². The molecule has 0 radical (unpaired) electrons. The Balaban J connectivity index is 1.41. The van der Waals surface area contributed by atoms with Gasteiger partial charge in [0.05, 0.1) is 30.9 Å². The minimum Gasteiger partial charge on any atom is -0.465 e. The smallest absolute Gasteiger partial charge is 0.337 e. The molecule has 1 aliphatic carbocycles. The van der Waals surface area contributed by atoms with E-state index in [-0.39, 0.29) is 36.6 Å². The van der Waals surface area contributed by atoms with Crippen molar-refractivity contribution in [3.8, 4) is 0 Å². The van der Waals surface area contributed by atoms with Gasteiger partial charge in [0.1, 0.15) is 0 Å². The van der Waals surface area contributed by atoms with Crippen LogP contribution in [-0.2, 0) is 28.7 Å². The van der Waals surface area contributed by atoms with Crippen LogP contribution in [0.4, 0.5) is 5.69 Å². The molecule has 3 amide bonds. The molecule has 1 aromatic carbocycles. The Labute approximate surface area is 173 Å². The van der Waals surface area contributed by atoms with Crippen molar-refractivity contribution in [1.29, 1.82) is 0 Å². The predicted molar refractivity (Wildman–Crippen MR) is 104 cm³/mol. The minimum atomic E-state index is -0.665. The molecule has 2 fully saturated rings. The zero-order chi connectivity index (χ0) is 21.7. The summed E-state index contributed by atoms with van der Waals surface area (Å²) in [5.74, 6) is -2.61. The van der Waals surface area contributed by atoms with E-state index in [1.165, 1.54) is 31.4 Å². The number of hydrogen-bond donors (Lipinski definition) is 1. The van der Waals surface area contributed by atoms with Crippen molar-refractivity contribution in [1.82, 2.24) is 4.90 Å². The molecule has 0 bridgehead atoms. The summed E-state index contributed by atoms with van der Waals surface area (Å²) in [6.45, 7) is -0.523. The Morgan fingerprint density at radius 1 is 1.03 bits per heavy atom. The second-order valence-electron chi connectivity index (χ2n) is 7.35. The van der Waals surface area contributed by atoms with Gasteiger partial charge in [0, 0.05) is 12.2 Å². The lowest BCUT2D eigenvalue weighted by molar-refractivity contribution is -0.148. The number of anilines is 1. The van der Waals surface area contributed by atoms with Crippen LogP contribution < -0.4 is 5.32 Å². The molecule has 0 spiro atoms. The van der Waals surface area contributed by atoms with Gasteiger partial charge < -0.3 is 14.8 Å². The van der Waals surface area contributed by atoms with Gasteiger partial charge in [0.15, 0.2) is 6.61 Å². The number of nitrogens with one attached hydrogen (secondary N) is 1. The van der Waals surface area contributed by atoms with Gasteiger partial charge in [-0.3, -0.25) is 24.1 Å². The van der Waals surface area contributed by atoms with Crippen molar-refractivity contribution >= 4 is 35.3 Å². The molecule has 2 atom stereocenters. The summed E-state index contributed by atoms with van der Waals surface area (Å²) >= 11 is 0. The first-order chi connectivity index (χ1) is 14.4. The first-order valence-electron chi connectivity index (χ1n) is 9.89. The third kappa shape index (κ3) is 4.84. The molecule has 1 heterocycles. The molecule has 2 aliphatic rings. The van der Waals surface area contributed by atoms with Crippen LogP contribution in [0.25, 0.3) is 0 Å². The highest BCUT2D eigenvalue weighted by Crippen LogP contribution is 2.37. The fourth-order valence-electron chi connectivity index (χ4n) is 3.88. The van der Waals surface area contributed by atoms with Crippen molar-refractivity contribution in [3.63, 3.8) is 0 Å². The molecule has 3 rings (SSSR count). The highest BCUT2D eigenvalue weighted by molar-refractivity contribution is 6.05. The van der Waals surface area contributed by atoms with Crippen LogP contribution in [0.1, 0.15) is 42.5 Å². The zero-order valence-corrected chi connectivity index (χ0v) is 16.7. The van der Waals surface area contributed by atoms with Crippen molar-refractivity contribution in [2.45, 2.75) is 32.1 Å². The first-order valence-corrected chi connectivity index (χ1v) is 9.89. The van der Waals surface area contributed by atoms with Crippen LogP contribution in [0, 0.1) is 11.8 Å². The van der Waals surface area contributed by atoms with Crippen molar-refractivity contribution < 1.29 is 33.4 Å². The quantitative estimate of drug-likeness (QED) is 0.529. The third-order valence-corrected chi connectivity index (χ3v) is 5.43. The lowest BCUT2D eigenvalue weighted by Gasteiger charge is -2.19. The monoisotopic (exact) mass is 416 g/mol. The number of carbonyl (C=O) groups excluding carboxylic acids is 5. The Bertz CT molecular complexity index is 825. The SMILES string of the molecule is COC(=O)c1ccc(NC(=O)COC(=O)CCN2C(=O)[C@H]3CCCC[C@@H]3C2=O)cc1. The zero-order valence-electron chi connectivity index (χ0n) is 16.7. The standard InChI is InChI=1S/C21H24N2O7/c1-29-21(28)13-6-8-14(9-7-13)22-17(24)12-30-18(25)10-11-23-19(26)15-4-2-3-5-16(15)20(23)27/h6-9,15-16H,2-5,10-12H2,1H3,(H,22,24)/t15-,16-/m0/s1. The highest BCUT2D eigenvalue weighted by Gasteiger charge is 2.47. The summed E-state index contributed by atoms with van der Waals surface area (Å²) in [5, 5.41) is 2.54. The molecule has 1 saturated carbocycles. The molecular formula is C21H24N2O7. The van der Waals surface area contributed by atoms with Gasteiger partial charge in [-0.2, -0.15) is 0 Å². The molecule has 9 heteroatoms. The molecule has 1 N–H and O–H groups in total. The molecule has 160 valence electrons. The van der Waals surface area contributed by atoms with E-state index < -0.39 is 24.5 Å². The number of nitrogens with zero attached hydrogens (tertiary/aromatic N) is 1. The Morgan fingerprint density at radius 2 is 1.63 bits per heavy atom. The summed E-state index contributed by atoms with van der Waals surface area (Å²) < 4.78 is 9.52. The third-order valence-electron chi connectivity index (χ3n) is 5.43. The lowest BCUT2D eigenvalue weighted by atomic mass is 9.81. The van der Waals surface area contributed by atoms with Crippen LogP contribution in [0.5, 0.6) is 0 Å². The predicted octanol–water partition coefficient (Wildman–Crippen LogP) is 1.52. The summed E-state index contributed by atoms with van der Waals surface area (Å²) in [4.78, 5) is 61.2. The maximum absolute atomic E-state index is 12.4. The first kappa shape index (κ1) is 21.5. The van der Waals surface area contributed by atoms with E-state index in [1.807, 2.05) is 0 Å². The summed E-state index contributed by atoms with van der Waals surface area (Å²) in [7, 11) is 1.27. The molecule has 1 aliphatic heterocycles. The number of esters is 2. The molecular weight excluding hydrogens is 392 g/mol. The maximum atomic E-state index is 12.4. The molecule has 0 unspecified atom stereocenters. The Kier molecular flexibility index (Phi) is 6.81. The second kappa shape index (κ2) is 9.51. The van der Waals surface area contributed by atoms with E-state index in [1.54, 1.807) is 0 Å². The number of imide groups is 1. The minimum absolute atomic E-state index is 0.0277. The number of fused-ring (bicyclic) bond motifs is 1. The average Bonchev–Trinajstić information content (AvgIpc) is 3.01. The fourth-order valence-corrected chi connectivity index (χ4v) is 3.88. The number of likely N-dealkylation sites (tertiary alicyclic amines) is 1. The molecule has 1 saturated heterocycles. The highest BCUT2D eigenvalue weighted by atomic mass is 16.5. The summed E-state index contributed by atoms with van der Waals surface area (Å²) in [5.41, 5.74) is 0.771. The van der Waals surface area contributed by atoms with E-state index >= 15 is 0 Å². The van der Waals surface area contributed by atoms with E-state index in [9.17, 15) is 24.0 Å². The van der Waals surface area contributed by atoms with Gasteiger partial charge in [0.2, 0.25) is 11.8 Å². The summed E-state index contributed by atoms with van der Waals surface area (Å²) in [6, 6.07) is 6.04. The van der Waals surface area contributed by atoms with Gasteiger partial charge in [-0.25, -0.2) is 4.79 Å². The van der Waals surface area contributed by atoms with E-state index in [2.05, 4.69) is 10.1 Å². The number of carbonyl (C=O) groups is 5. The van der Waals surface area contributed by atoms with E-state index in [0.29, 0.717) is 11.3 Å². The molecule has 0 aromatic heterocycles. The second-order valence-corrected chi connectivity index (χ2v) is 7.35. The van der Waals surface area contributed by atoms with Crippen LogP contribution in [0.3, 0.4) is 0 Å². The number of rotatable bonds is 7. The average molecular weight is 416 g/mol. The number of methoxy groups -OCH3 is 1. The molecule has 1 aromatic rings. The molecule has 30 heavy (non-hydrogen) atoms. The normalized spacial score (nSPS) is 20.5. The van der Waals surface area contributed by atoms with Crippen molar-refractivity contribution in [2.24, 2.45) is 11.8 Å². The van der Waals surface area contributed by atoms with Crippen molar-refractivity contribution in [3.05, 3.63) is 29.8 Å². The van der Waals surface area contributed by atoms with E-state index in [4.69, 9.17) is 4.74 Å². The Hall–Kier alpha value is -3.23.